The zero-order valence-corrected chi connectivity index (χ0v) is 17.8. The number of aromatic amines is 3. The summed E-state index contributed by atoms with van der Waals surface area (Å²) in [5.74, 6) is 0.751. The van der Waals surface area contributed by atoms with Crippen LogP contribution < -0.4 is 10.9 Å². The maximum absolute atomic E-state index is 14.0. The van der Waals surface area contributed by atoms with Crippen molar-refractivity contribution in [3.8, 4) is 22.8 Å². The van der Waals surface area contributed by atoms with Crippen molar-refractivity contribution >= 4 is 22.7 Å². The van der Waals surface area contributed by atoms with Gasteiger partial charge in [-0.05, 0) is 37.1 Å². The van der Waals surface area contributed by atoms with Crippen LogP contribution in [0.3, 0.4) is 0 Å². The second-order valence-electron chi connectivity index (χ2n) is 8.17. The van der Waals surface area contributed by atoms with Crippen molar-refractivity contribution in [3.63, 3.8) is 0 Å². The largest absolute Gasteiger partial charge is 0.417 e. The predicted octanol–water partition coefficient (Wildman–Crippen LogP) is 4.13. The molecule has 1 fully saturated rings. The van der Waals surface area contributed by atoms with E-state index >= 15 is 0 Å². The lowest BCUT2D eigenvalue weighted by Crippen LogP contribution is -2.11. The van der Waals surface area contributed by atoms with E-state index in [1.807, 2.05) is 6.07 Å². The summed E-state index contributed by atoms with van der Waals surface area (Å²) in [4.78, 5) is 29.1. The number of hydrogen-bond donors (Lipinski definition) is 4. The number of alkyl halides is 3. The summed E-state index contributed by atoms with van der Waals surface area (Å²) in [6, 6.07) is 7.07. The molecule has 10 nitrogen and oxygen atoms in total. The fraction of sp³-hybridized carbons (Fsp3) is 0.182. The Hall–Kier alpha value is -4.55. The average molecular weight is 479 g/mol. The first-order valence-electron chi connectivity index (χ1n) is 10.7. The van der Waals surface area contributed by atoms with Gasteiger partial charge in [-0.1, -0.05) is 0 Å². The SMILES string of the molecule is O=c1[nH][nH]c2cc(C(F)(F)F)c(-c3nc(Nc4cc(C5CC5)[nH]n4)nc(-c4ccncc4)n3)cc12. The first kappa shape index (κ1) is 21.0. The van der Waals surface area contributed by atoms with E-state index < -0.39 is 17.3 Å². The van der Waals surface area contributed by atoms with E-state index in [-0.39, 0.29) is 34.1 Å². The molecule has 13 heteroatoms. The molecular weight excluding hydrogens is 463 g/mol. The number of H-pyrrole nitrogens is 3. The van der Waals surface area contributed by atoms with Crippen LogP contribution in [0.2, 0.25) is 0 Å². The lowest BCUT2D eigenvalue weighted by molar-refractivity contribution is -0.137. The van der Waals surface area contributed by atoms with Gasteiger partial charge in [-0.25, -0.2) is 4.98 Å². The minimum atomic E-state index is -4.73. The highest BCUT2D eigenvalue weighted by molar-refractivity contribution is 5.85. The van der Waals surface area contributed by atoms with Gasteiger partial charge in [-0.2, -0.15) is 28.2 Å². The van der Waals surface area contributed by atoms with Gasteiger partial charge in [0.25, 0.3) is 5.56 Å². The van der Waals surface area contributed by atoms with Crippen LogP contribution in [0.15, 0.2) is 47.5 Å². The Bertz CT molecular complexity index is 1600. The summed E-state index contributed by atoms with van der Waals surface area (Å²) in [5.41, 5.74) is -0.377. The van der Waals surface area contributed by atoms with Crippen molar-refractivity contribution in [2.24, 2.45) is 0 Å². The van der Waals surface area contributed by atoms with Crippen molar-refractivity contribution in [1.82, 2.24) is 40.3 Å². The quantitative estimate of drug-likeness (QED) is 0.297. The standard InChI is InChI=1S/C22H16F3N9O/c23-22(24,25)14-8-16-13(20(35)34-32-16)7-12(14)19-28-18(11-3-5-26-6-4-11)29-21(30-19)27-17-9-15(31-33-17)10-1-2-10/h3-10H,1-2H2,(H2,32,34,35)(H2,27,28,29,30,31,33). The molecule has 4 aromatic heterocycles. The molecule has 0 radical (unpaired) electrons. The molecule has 176 valence electrons. The number of fused-ring (bicyclic) bond motifs is 1. The second-order valence-corrected chi connectivity index (χ2v) is 8.17. The summed E-state index contributed by atoms with van der Waals surface area (Å²) in [5, 5.41) is 14.9. The van der Waals surface area contributed by atoms with Gasteiger partial charge in [-0.3, -0.25) is 25.1 Å². The summed E-state index contributed by atoms with van der Waals surface area (Å²) in [6.07, 6.45) is 0.466. The Balaban J connectivity index is 1.53. The minimum absolute atomic E-state index is 0.00635. The van der Waals surface area contributed by atoms with E-state index in [4.69, 9.17) is 0 Å². The third kappa shape index (κ3) is 4.00. The molecule has 5 aromatic rings. The minimum Gasteiger partial charge on any atom is -0.307 e. The van der Waals surface area contributed by atoms with Crippen molar-refractivity contribution in [3.05, 3.63) is 64.3 Å². The molecular formula is C22H16F3N9O. The normalized spacial score (nSPS) is 13.9. The maximum atomic E-state index is 14.0. The Kier molecular flexibility index (Phi) is 4.65. The van der Waals surface area contributed by atoms with Crippen LogP contribution in [-0.4, -0.2) is 40.3 Å². The Morgan fingerprint density at radius 1 is 0.971 bits per heavy atom. The van der Waals surface area contributed by atoms with Crippen molar-refractivity contribution in [2.75, 3.05) is 5.32 Å². The van der Waals surface area contributed by atoms with E-state index in [0.717, 1.165) is 30.7 Å². The summed E-state index contributed by atoms with van der Waals surface area (Å²) in [6.45, 7) is 0. The molecule has 4 heterocycles. The van der Waals surface area contributed by atoms with Crippen LogP contribution in [0.1, 0.15) is 30.0 Å². The topological polar surface area (TPSA) is 141 Å². The third-order valence-electron chi connectivity index (χ3n) is 5.69. The number of rotatable bonds is 5. The van der Waals surface area contributed by atoms with Crippen molar-refractivity contribution < 1.29 is 13.2 Å². The van der Waals surface area contributed by atoms with Gasteiger partial charge in [-0.15, -0.1) is 0 Å². The Labute approximate surface area is 194 Å². The maximum Gasteiger partial charge on any atom is 0.417 e. The lowest BCUT2D eigenvalue weighted by Gasteiger charge is -2.14. The molecule has 0 spiro atoms. The highest BCUT2D eigenvalue weighted by Crippen LogP contribution is 2.40. The molecule has 1 aliphatic rings. The Morgan fingerprint density at radius 2 is 1.74 bits per heavy atom. The molecule has 6 rings (SSSR count). The van der Waals surface area contributed by atoms with Crippen LogP contribution in [0.4, 0.5) is 24.9 Å². The number of hydrogen-bond acceptors (Lipinski definition) is 7. The smallest absolute Gasteiger partial charge is 0.307 e. The highest BCUT2D eigenvalue weighted by atomic mass is 19.4. The Morgan fingerprint density at radius 3 is 2.49 bits per heavy atom. The lowest BCUT2D eigenvalue weighted by atomic mass is 10.0. The number of nitrogens with zero attached hydrogens (tertiary/aromatic N) is 5. The molecule has 0 bridgehead atoms. The number of benzene rings is 1. The summed E-state index contributed by atoms with van der Waals surface area (Å²) >= 11 is 0. The fourth-order valence-corrected chi connectivity index (χ4v) is 3.80. The molecule has 1 aromatic carbocycles. The first-order valence-corrected chi connectivity index (χ1v) is 10.7. The predicted molar refractivity (Wildman–Crippen MR) is 120 cm³/mol. The fourth-order valence-electron chi connectivity index (χ4n) is 3.80. The third-order valence-corrected chi connectivity index (χ3v) is 5.69. The number of aromatic nitrogens is 8. The van der Waals surface area contributed by atoms with E-state index in [9.17, 15) is 18.0 Å². The molecule has 0 atom stereocenters. The van der Waals surface area contributed by atoms with E-state index in [0.29, 0.717) is 17.3 Å². The van der Waals surface area contributed by atoms with Crippen molar-refractivity contribution in [2.45, 2.75) is 24.9 Å². The monoisotopic (exact) mass is 479 g/mol. The average Bonchev–Trinajstić information content (AvgIpc) is 3.49. The number of pyridine rings is 1. The number of halogens is 3. The van der Waals surface area contributed by atoms with Crippen LogP contribution >= 0.6 is 0 Å². The number of anilines is 2. The van der Waals surface area contributed by atoms with Crippen molar-refractivity contribution in [1.29, 1.82) is 0 Å². The van der Waals surface area contributed by atoms with Gasteiger partial charge in [0, 0.05) is 41.2 Å². The molecule has 1 aliphatic carbocycles. The molecule has 4 N–H and O–H groups in total. The second kappa shape index (κ2) is 7.75. The van der Waals surface area contributed by atoms with E-state index in [1.165, 1.54) is 12.4 Å². The first-order chi connectivity index (χ1) is 16.8. The molecule has 0 unspecified atom stereocenters. The molecule has 0 amide bonds. The molecule has 1 saturated carbocycles. The van der Waals surface area contributed by atoms with E-state index in [1.54, 1.807) is 12.1 Å². The van der Waals surface area contributed by atoms with Crippen LogP contribution in [-0.2, 0) is 6.18 Å². The van der Waals surface area contributed by atoms with Gasteiger partial charge < -0.3 is 5.32 Å². The number of nitrogens with one attached hydrogen (secondary N) is 4. The molecule has 0 aliphatic heterocycles. The van der Waals surface area contributed by atoms with Crippen LogP contribution in [0, 0.1) is 0 Å². The van der Waals surface area contributed by atoms with Gasteiger partial charge in [0.2, 0.25) is 5.95 Å². The van der Waals surface area contributed by atoms with Crippen LogP contribution in [0.5, 0.6) is 0 Å². The zero-order chi connectivity index (χ0) is 24.2. The van der Waals surface area contributed by atoms with Gasteiger partial charge in [0.1, 0.15) is 0 Å². The zero-order valence-electron chi connectivity index (χ0n) is 17.8. The van der Waals surface area contributed by atoms with E-state index in [2.05, 4.69) is 45.6 Å². The van der Waals surface area contributed by atoms with Gasteiger partial charge >= 0.3 is 6.18 Å². The van der Waals surface area contributed by atoms with Gasteiger partial charge in [0.05, 0.1) is 16.5 Å². The highest BCUT2D eigenvalue weighted by Gasteiger charge is 2.35. The van der Waals surface area contributed by atoms with Crippen LogP contribution in [0.25, 0.3) is 33.7 Å². The summed E-state index contributed by atoms with van der Waals surface area (Å²) in [7, 11) is 0. The summed E-state index contributed by atoms with van der Waals surface area (Å²) < 4.78 is 42.0. The van der Waals surface area contributed by atoms with Gasteiger partial charge in [0.15, 0.2) is 17.5 Å². The molecule has 0 saturated heterocycles. The molecule has 35 heavy (non-hydrogen) atoms.